The maximum absolute atomic E-state index is 12.2. The van der Waals surface area contributed by atoms with Crippen LogP contribution >= 0.6 is 0 Å². The summed E-state index contributed by atoms with van der Waals surface area (Å²) in [5, 5.41) is 10.9. The van der Waals surface area contributed by atoms with E-state index in [1.54, 1.807) is 34.5 Å². The minimum atomic E-state index is -0.392. The highest BCUT2D eigenvalue weighted by Gasteiger charge is 2.25. The number of aromatic nitrogens is 2. The summed E-state index contributed by atoms with van der Waals surface area (Å²) in [5.74, 6) is 0. The third-order valence-electron chi connectivity index (χ3n) is 3.77. The molecule has 0 aliphatic heterocycles. The smallest absolute Gasteiger partial charge is 0.296 e. The number of imidazole rings is 1. The summed E-state index contributed by atoms with van der Waals surface area (Å²) in [6.07, 6.45) is 5.66. The monoisotopic (exact) mass is 273 g/mol. The van der Waals surface area contributed by atoms with Gasteiger partial charge in [0.1, 0.15) is 0 Å². The van der Waals surface area contributed by atoms with Crippen molar-refractivity contribution in [3.05, 3.63) is 62.3 Å². The van der Waals surface area contributed by atoms with Crippen molar-refractivity contribution in [1.29, 1.82) is 0 Å². The van der Waals surface area contributed by atoms with Gasteiger partial charge in [0.2, 0.25) is 0 Å². The van der Waals surface area contributed by atoms with E-state index in [0.29, 0.717) is 18.2 Å². The van der Waals surface area contributed by atoms with Crippen LogP contribution < -0.4 is 5.69 Å². The van der Waals surface area contributed by atoms with E-state index < -0.39 is 4.92 Å². The van der Waals surface area contributed by atoms with Gasteiger partial charge in [0, 0.05) is 30.1 Å². The van der Waals surface area contributed by atoms with Gasteiger partial charge in [-0.3, -0.25) is 19.2 Å². The zero-order chi connectivity index (χ0) is 14.3. The summed E-state index contributed by atoms with van der Waals surface area (Å²) in [4.78, 5) is 22.7. The Labute approximate surface area is 115 Å². The van der Waals surface area contributed by atoms with Crippen LogP contribution in [0, 0.1) is 17.0 Å². The van der Waals surface area contributed by atoms with Crippen LogP contribution in [0.1, 0.15) is 30.0 Å². The van der Waals surface area contributed by atoms with Crippen molar-refractivity contribution < 1.29 is 4.92 Å². The quantitative estimate of drug-likeness (QED) is 0.633. The lowest BCUT2D eigenvalue weighted by Gasteiger charge is -2.06. The molecule has 0 unspecified atom stereocenters. The summed E-state index contributed by atoms with van der Waals surface area (Å²) < 4.78 is 3.34. The highest BCUT2D eigenvalue weighted by Crippen LogP contribution is 2.33. The third-order valence-corrected chi connectivity index (χ3v) is 3.77. The molecule has 1 aliphatic carbocycles. The molecule has 1 aliphatic rings. The Balaban J connectivity index is 1.93. The van der Waals surface area contributed by atoms with Gasteiger partial charge in [0.15, 0.2) is 0 Å². The topological polar surface area (TPSA) is 70.1 Å². The first-order chi connectivity index (χ1) is 9.58. The Morgan fingerprint density at radius 3 is 2.75 bits per heavy atom. The first kappa shape index (κ1) is 12.7. The Kier molecular flexibility index (Phi) is 2.93. The molecule has 1 saturated carbocycles. The fraction of sp³-hybridized carbons (Fsp3) is 0.357. The van der Waals surface area contributed by atoms with Gasteiger partial charge in [-0.05, 0) is 25.3 Å². The molecule has 6 nitrogen and oxygen atoms in total. The van der Waals surface area contributed by atoms with Gasteiger partial charge >= 0.3 is 5.69 Å². The Hall–Kier alpha value is -2.37. The first-order valence-corrected chi connectivity index (χ1v) is 6.58. The van der Waals surface area contributed by atoms with Gasteiger partial charge in [0.05, 0.1) is 11.5 Å². The SMILES string of the molecule is Cc1c(Cn2ccn(C3CC3)c2=O)cccc1[N+](=O)[O-]. The molecule has 0 saturated heterocycles. The van der Waals surface area contributed by atoms with Crippen molar-refractivity contribution >= 4 is 5.69 Å². The maximum atomic E-state index is 12.2. The molecule has 20 heavy (non-hydrogen) atoms. The second-order valence-corrected chi connectivity index (χ2v) is 5.17. The van der Waals surface area contributed by atoms with Gasteiger partial charge in [-0.15, -0.1) is 0 Å². The van der Waals surface area contributed by atoms with Crippen LogP contribution in [0.4, 0.5) is 5.69 Å². The Bertz CT molecular complexity index is 726. The maximum Gasteiger partial charge on any atom is 0.328 e. The van der Waals surface area contributed by atoms with Crippen LogP contribution in [0.5, 0.6) is 0 Å². The largest absolute Gasteiger partial charge is 0.328 e. The standard InChI is InChI=1S/C14H15N3O3/c1-10-11(3-2-4-13(10)17(19)20)9-15-7-8-16(14(15)18)12-5-6-12/h2-4,7-8,12H,5-6,9H2,1H3. The molecule has 0 amide bonds. The van der Waals surface area contributed by atoms with Crippen LogP contribution in [-0.2, 0) is 6.54 Å². The molecule has 2 aromatic rings. The van der Waals surface area contributed by atoms with Crippen molar-refractivity contribution in [1.82, 2.24) is 9.13 Å². The molecular formula is C14H15N3O3. The van der Waals surface area contributed by atoms with Gasteiger partial charge < -0.3 is 0 Å². The molecule has 0 bridgehead atoms. The zero-order valence-corrected chi connectivity index (χ0v) is 11.2. The van der Waals surface area contributed by atoms with Gasteiger partial charge in [0.25, 0.3) is 5.69 Å². The molecule has 1 aromatic heterocycles. The van der Waals surface area contributed by atoms with Crippen molar-refractivity contribution in [2.24, 2.45) is 0 Å². The number of nitro groups is 1. The highest BCUT2D eigenvalue weighted by atomic mass is 16.6. The van der Waals surface area contributed by atoms with E-state index in [4.69, 9.17) is 0 Å². The second kappa shape index (κ2) is 4.63. The van der Waals surface area contributed by atoms with Crippen LogP contribution in [0.3, 0.4) is 0 Å². The predicted molar refractivity (Wildman–Crippen MR) is 73.9 cm³/mol. The Morgan fingerprint density at radius 2 is 2.10 bits per heavy atom. The third kappa shape index (κ3) is 2.13. The number of nitro benzene ring substituents is 1. The summed E-state index contributed by atoms with van der Waals surface area (Å²) in [6, 6.07) is 5.30. The number of nitrogens with zero attached hydrogens (tertiary/aromatic N) is 3. The molecule has 0 N–H and O–H groups in total. The fourth-order valence-corrected chi connectivity index (χ4v) is 2.40. The predicted octanol–water partition coefficient (Wildman–Crippen LogP) is 2.25. The molecule has 1 aromatic carbocycles. The molecule has 104 valence electrons. The fourth-order valence-electron chi connectivity index (χ4n) is 2.40. The number of benzene rings is 1. The molecular weight excluding hydrogens is 258 g/mol. The van der Waals surface area contributed by atoms with E-state index in [0.717, 1.165) is 18.4 Å². The average molecular weight is 273 g/mol. The van der Waals surface area contributed by atoms with Crippen molar-refractivity contribution in [3.63, 3.8) is 0 Å². The van der Waals surface area contributed by atoms with E-state index in [1.807, 2.05) is 6.07 Å². The summed E-state index contributed by atoms with van der Waals surface area (Å²) in [6.45, 7) is 2.09. The van der Waals surface area contributed by atoms with Crippen LogP contribution in [0.25, 0.3) is 0 Å². The van der Waals surface area contributed by atoms with E-state index in [9.17, 15) is 14.9 Å². The van der Waals surface area contributed by atoms with Gasteiger partial charge in [-0.2, -0.15) is 0 Å². The number of hydrogen-bond donors (Lipinski definition) is 0. The summed E-state index contributed by atoms with van der Waals surface area (Å²) >= 11 is 0. The lowest BCUT2D eigenvalue weighted by atomic mass is 10.1. The summed E-state index contributed by atoms with van der Waals surface area (Å²) in [5.41, 5.74) is 1.47. The van der Waals surface area contributed by atoms with Crippen LogP contribution in [0.2, 0.25) is 0 Å². The van der Waals surface area contributed by atoms with E-state index >= 15 is 0 Å². The van der Waals surface area contributed by atoms with Crippen LogP contribution in [-0.4, -0.2) is 14.1 Å². The second-order valence-electron chi connectivity index (χ2n) is 5.17. The molecule has 1 heterocycles. The average Bonchev–Trinajstić information content (AvgIpc) is 3.18. The number of rotatable bonds is 4. The van der Waals surface area contributed by atoms with Gasteiger partial charge in [-0.1, -0.05) is 12.1 Å². The molecule has 0 spiro atoms. The number of hydrogen-bond acceptors (Lipinski definition) is 3. The minimum Gasteiger partial charge on any atom is -0.296 e. The molecule has 0 atom stereocenters. The normalized spacial score (nSPS) is 14.4. The molecule has 6 heteroatoms. The zero-order valence-electron chi connectivity index (χ0n) is 11.2. The lowest BCUT2D eigenvalue weighted by molar-refractivity contribution is -0.385. The van der Waals surface area contributed by atoms with Crippen molar-refractivity contribution in [2.75, 3.05) is 0 Å². The molecule has 0 radical (unpaired) electrons. The van der Waals surface area contributed by atoms with Crippen molar-refractivity contribution in [3.8, 4) is 0 Å². The van der Waals surface area contributed by atoms with E-state index in [2.05, 4.69) is 0 Å². The minimum absolute atomic E-state index is 0.0431. The lowest BCUT2D eigenvalue weighted by Crippen LogP contribution is -2.24. The van der Waals surface area contributed by atoms with E-state index in [-0.39, 0.29) is 11.4 Å². The first-order valence-electron chi connectivity index (χ1n) is 6.58. The Morgan fingerprint density at radius 1 is 1.35 bits per heavy atom. The van der Waals surface area contributed by atoms with E-state index in [1.165, 1.54) is 6.07 Å². The molecule has 1 fully saturated rings. The highest BCUT2D eigenvalue weighted by molar-refractivity contribution is 5.44. The molecule has 3 rings (SSSR count). The summed E-state index contributed by atoms with van der Waals surface area (Å²) in [7, 11) is 0. The van der Waals surface area contributed by atoms with Gasteiger partial charge in [-0.25, -0.2) is 4.79 Å². The van der Waals surface area contributed by atoms with Crippen LogP contribution in [0.15, 0.2) is 35.4 Å². The van der Waals surface area contributed by atoms with Crippen molar-refractivity contribution in [2.45, 2.75) is 32.4 Å².